The molecule has 2 aromatic rings. The number of methoxy groups -OCH3 is 4. The number of oxime groups is 1. The number of benzene rings is 1. The zero-order valence-electron chi connectivity index (χ0n) is 15.6. The van der Waals surface area contributed by atoms with Gasteiger partial charge in [0.25, 0.3) is 6.02 Å². The maximum Gasteiger partial charge on any atom is 0.355 e. The van der Waals surface area contributed by atoms with Crippen LogP contribution in [0.2, 0.25) is 0 Å². The largest absolute Gasteiger partial charge is 0.468 e. The zero-order chi connectivity index (χ0) is 19.6. The highest BCUT2D eigenvalue weighted by Crippen LogP contribution is 2.22. The van der Waals surface area contributed by atoms with Crippen molar-refractivity contribution in [2.24, 2.45) is 10.1 Å². The fraction of sp³-hybridized carbons (Fsp3) is 0.312. The second-order valence-electron chi connectivity index (χ2n) is 4.70. The molecular weight excluding hydrogens is 356 g/mol. The van der Waals surface area contributed by atoms with Crippen LogP contribution in [0.15, 0.2) is 34.4 Å². The minimum Gasteiger partial charge on any atom is -0.468 e. The monoisotopic (exact) mass is 376 g/mol. The summed E-state index contributed by atoms with van der Waals surface area (Å²) < 4.78 is 20.1. The predicted octanol–water partition coefficient (Wildman–Crippen LogP) is 1.07. The number of amidine groups is 2. The van der Waals surface area contributed by atoms with Crippen LogP contribution in [0.1, 0.15) is 0 Å². The van der Waals surface area contributed by atoms with Gasteiger partial charge in [-0.2, -0.15) is 9.97 Å². The Bertz CT molecular complexity index is 781. The molecule has 11 nitrogen and oxygen atoms in total. The van der Waals surface area contributed by atoms with Crippen LogP contribution in [0.4, 0.5) is 0 Å². The second kappa shape index (κ2) is 9.75. The third kappa shape index (κ3) is 5.42. The normalized spacial score (nSPS) is 11.6. The smallest absolute Gasteiger partial charge is 0.355 e. The molecule has 0 saturated heterocycles. The number of hydrogen-bond acceptors (Lipinski definition) is 9. The molecule has 0 fully saturated rings. The molecule has 1 aromatic heterocycles. The van der Waals surface area contributed by atoms with Crippen molar-refractivity contribution < 1.29 is 23.8 Å². The number of rotatable bonds is 5. The Morgan fingerprint density at radius 3 is 2.00 bits per heavy atom. The third-order valence-electron chi connectivity index (χ3n) is 3.09. The van der Waals surface area contributed by atoms with Crippen molar-refractivity contribution in [3.63, 3.8) is 0 Å². The van der Waals surface area contributed by atoms with Gasteiger partial charge in [0.05, 0.1) is 28.4 Å². The lowest BCUT2D eigenvalue weighted by Crippen LogP contribution is -2.22. The second-order valence-corrected chi connectivity index (χ2v) is 4.70. The van der Waals surface area contributed by atoms with Gasteiger partial charge in [-0.05, 0) is 29.4 Å². The van der Waals surface area contributed by atoms with Crippen LogP contribution in [-0.4, -0.2) is 62.5 Å². The van der Waals surface area contributed by atoms with Gasteiger partial charge in [-0.3, -0.25) is 0 Å². The van der Waals surface area contributed by atoms with Crippen LogP contribution >= 0.6 is 0 Å². The van der Waals surface area contributed by atoms with E-state index in [9.17, 15) is 0 Å². The number of aromatic nitrogens is 3. The summed E-state index contributed by atoms with van der Waals surface area (Å²) in [5, 5.41) is 6.54. The first kappa shape index (κ1) is 19.7. The Hall–Kier alpha value is -3.63. The van der Waals surface area contributed by atoms with Crippen LogP contribution in [-0.2, 0) is 9.47 Å². The standard InChI is InChI=1S/C16H20N6O5/c1-17-13(23-2)20-16(26-5)22-27-11-8-6-10(7-9-11)12-18-14(24-3)21-15(19-12)25-4/h6-9H,1-5H3,(H,17,20,22). The molecular formula is C16H20N6O5. The molecule has 0 saturated carbocycles. The Balaban J connectivity index is 2.18. The molecule has 0 aliphatic carbocycles. The van der Waals surface area contributed by atoms with Gasteiger partial charge in [0, 0.05) is 12.6 Å². The van der Waals surface area contributed by atoms with Crippen molar-refractivity contribution in [2.75, 3.05) is 35.5 Å². The maximum atomic E-state index is 5.30. The number of nitrogens with zero attached hydrogens (tertiary/aromatic N) is 5. The quantitative estimate of drug-likeness (QED) is 0.464. The molecule has 0 unspecified atom stereocenters. The van der Waals surface area contributed by atoms with E-state index in [1.807, 2.05) is 0 Å². The Kier molecular flexibility index (Phi) is 7.11. The Morgan fingerprint density at radius 1 is 0.889 bits per heavy atom. The molecule has 0 aliphatic rings. The summed E-state index contributed by atoms with van der Waals surface area (Å²) >= 11 is 0. The lowest BCUT2D eigenvalue weighted by molar-refractivity contribution is 0.300. The molecule has 0 atom stereocenters. The van der Waals surface area contributed by atoms with Crippen molar-refractivity contribution in [1.29, 1.82) is 0 Å². The van der Waals surface area contributed by atoms with Gasteiger partial charge in [0.15, 0.2) is 11.6 Å². The number of ether oxygens (including phenoxy) is 4. The van der Waals surface area contributed by atoms with Crippen molar-refractivity contribution in [2.45, 2.75) is 0 Å². The van der Waals surface area contributed by atoms with Crippen LogP contribution in [0.5, 0.6) is 17.8 Å². The number of hydrogen-bond donors (Lipinski definition) is 1. The first-order valence-corrected chi connectivity index (χ1v) is 7.67. The Morgan fingerprint density at radius 2 is 1.52 bits per heavy atom. The van der Waals surface area contributed by atoms with E-state index in [-0.39, 0.29) is 24.1 Å². The van der Waals surface area contributed by atoms with Crippen molar-refractivity contribution in [3.05, 3.63) is 24.3 Å². The minimum atomic E-state index is -0.0165. The van der Waals surface area contributed by atoms with Gasteiger partial charge < -0.3 is 29.1 Å². The van der Waals surface area contributed by atoms with Gasteiger partial charge in [0.2, 0.25) is 0 Å². The predicted molar refractivity (Wildman–Crippen MR) is 96.9 cm³/mol. The van der Waals surface area contributed by atoms with E-state index < -0.39 is 0 Å². The van der Waals surface area contributed by atoms with Crippen molar-refractivity contribution in [1.82, 2.24) is 20.3 Å². The highest BCUT2D eigenvalue weighted by atomic mass is 16.7. The van der Waals surface area contributed by atoms with E-state index in [2.05, 4.69) is 30.4 Å². The SMILES string of the molecule is CN/C(=N\C(=N/Oc1ccc(-c2nc(OC)nc(OC)n2)cc1)OC)OC. The highest BCUT2D eigenvalue weighted by molar-refractivity contribution is 5.88. The molecule has 0 bridgehead atoms. The molecule has 144 valence electrons. The summed E-state index contributed by atoms with van der Waals surface area (Å²) in [4.78, 5) is 21.6. The van der Waals surface area contributed by atoms with Crippen LogP contribution < -0.4 is 19.6 Å². The third-order valence-corrected chi connectivity index (χ3v) is 3.09. The maximum absolute atomic E-state index is 5.30. The highest BCUT2D eigenvalue weighted by Gasteiger charge is 2.10. The van der Waals surface area contributed by atoms with E-state index >= 15 is 0 Å². The minimum absolute atomic E-state index is 0.0165. The fourth-order valence-corrected chi connectivity index (χ4v) is 1.80. The Labute approximate surface area is 156 Å². The van der Waals surface area contributed by atoms with Gasteiger partial charge >= 0.3 is 18.0 Å². The first-order valence-electron chi connectivity index (χ1n) is 7.67. The number of aliphatic imine (C=N–C) groups is 1. The van der Waals surface area contributed by atoms with E-state index in [1.165, 1.54) is 28.4 Å². The van der Waals surface area contributed by atoms with E-state index in [0.717, 1.165) is 0 Å². The average molecular weight is 376 g/mol. The van der Waals surface area contributed by atoms with Crippen LogP contribution in [0.25, 0.3) is 11.4 Å². The molecule has 1 N–H and O–H groups in total. The molecule has 0 aliphatic heterocycles. The number of nitrogens with one attached hydrogen (secondary N) is 1. The van der Waals surface area contributed by atoms with E-state index in [0.29, 0.717) is 17.1 Å². The van der Waals surface area contributed by atoms with Crippen LogP contribution in [0.3, 0.4) is 0 Å². The van der Waals surface area contributed by atoms with Crippen molar-refractivity contribution >= 4 is 12.0 Å². The lowest BCUT2D eigenvalue weighted by atomic mass is 10.2. The zero-order valence-corrected chi connectivity index (χ0v) is 15.6. The lowest BCUT2D eigenvalue weighted by Gasteiger charge is -2.06. The summed E-state index contributed by atoms with van der Waals surface area (Å²) in [5.41, 5.74) is 0.715. The summed E-state index contributed by atoms with van der Waals surface area (Å²) in [6, 6.07) is 7.41. The molecule has 1 aromatic carbocycles. The van der Waals surface area contributed by atoms with Crippen molar-refractivity contribution in [3.8, 4) is 29.2 Å². The summed E-state index contributed by atoms with van der Waals surface area (Å²) in [6.07, 6.45) is 0. The van der Waals surface area contributed by atoms with E-state index in [4.69, 9.17) is 23.8 Å². The molecule has 0 amide bonds. The topological polar surface area (TPSA) is 122 Å². The van der Waals surface area contributed by atoms with Gasteiger partial charge in [-0.1, -0.05) is 0 Å². The van der Waals surface area contributed by atoms with E-state index in [1.54, 1.807) is 31.3 Å². The van der Waals surface area contributed by atoms with Gasteiger partial charge in [0.1, 0.15) is 0 Å². The molecule has 11 heteroatoms. The molecule has 27 heavy (non-hydrogen) atoms. The molecule has 1 heterocycles. The van der Waals surface area contributed by atoms with Gasteiger partial charge in [-0.15, -0.1) is 9.98 Å². The summed E-state index contributed by atoms with van der Waals surface area (Å²) in [6.45, 7) is 0. The molecule has 0 radical (unpaired) electrons. The van der Waals surface area contributed by atoms with Crippen LogP contribution in [0, 0.1) is 0 Å². The first-order chi connectivity index (χ1) is 13.1. The average Bonchev–Trinajstić information content (AvgIpc) is 2.74. The fourth-order valence-electron chi connectivity index (χ4n) is 1.80. The molecule has 0 spiro atoms. The van der Waals surface area contributed by atoms with Gasteiger partial charge in [-0.25, -0.2) is 0 Å². The molecule has 2 rings (SSSR count). The summed E-state index contributed by atoms with van der Waals surface area (Å²) in [7, 11) is 7.46. The summed E-state index contributed by atoms with van der Waals surface area (Å²) in [5.74, 6) is 0.856.